The van der Waals surface area contributed by atoms with Crippen molar-refractivity contribution in [1.82, 2.24) is 14.9 Å². The van der Waals surface area contributed by atoms with E-state index in [0.29, 0.717) is 5.56 Å². The Kier molecular flexibility index (Phi) is 5.51. The fourth-order valence-electron chi connectivity index (χ4n) is 2.70. The maximum atomic E-state index is 13.2. The molecule has 2 heterocycles. The van der Waals surface area contributed by atoms with Crippen molar-refractivity contribution in [1.29, 1.82) is 0 Å². The average molecular weight is 448 g/mol. The van der Waals surface area contributed by atoms with E-state index in [1.807, 2.05) is 17.8 Å². The van der Waals surface area contributed by atoms with Crippen LogP contribution in [0.2, 0.25) is 0 Å². The highest BCUT2D eigenvalue weighted by Gasteiger charge is 2.24. The van der Waals surface area contributed by atoms with Crippen molar-refractivity contribution in [3.05, 3.63) is 64.1 Å². The minimum Gasteiger partial charge on any atom is -0.460 e. The summed E-state index contributed by atoms with van der Waals surface area (Å²) in [6.45, 7) is 3.39. The Morgan fingerprint density at radius 1 is 1.29 bits per heavy atom. The first kappa shape index (κ1) is 20.0. The number of nitrogens with one attached hydrogen (secondary N) is 1. The number of amides is 1. The molecule has 0 unspecified atom stereocenters. The number of benzene rings is 1. The molecule has 3 aromatic rings. The predicted octanol–water partition coefficient (Wildman–Crippen LogP) is 3.84. The maximum Gasteiger partial charge on any atom is 0.338 e. The van der Waals surface area contributed by atoms with E-state index >= 15 is 0 Å². The highest BCUT2D eigenvalue weighted by atomic mass is 79.9. The van der Waals surface area contributed by atoms with Crippen LogP contribution >= 0.6 is 15.9 Å². The molecule has 0 radical (unpaired) electrons. The van der Waals surface area contributed by atoms with E-state index in [0.717, 1.165) is 21.6 Å². The van der Waals surface area contributed by atoms with Crippen LogP contribution < -0.4 is 5.32 Å². The van der Waals surface area contributed by atoms with Gasteiger partial charge in [0.2, 0.25) is 0 Å². The third-order valence-corrected chi connectivity index (χ3v) is 4.74. The molecule has 0 saturated carbocycles. The molecule has 2 aromatic heterocycles. The first-order valence-corrected chi connectivity index (χ1v) is 9.31. The number of halogens is 2. The first-order chi connectivity index (χ1) is 13.2. The zero-order chi connectivity index (χ0) is 20.5. The molecule has 0 bridgehead atoms. The molecule has 1 N–H and O–H groups in total. The summed E-state index contributed by atoms with van der Waals surface area (Å²) in [4.78, 5) is 29.0. The van der Waals surface area contributed by atoms with E-state index in [1.54, 1.807) is 19.9 Å². The molecule has 0 fully saturated rings. The fraction of sp³-hybridized carbons (Fsp3) is 0.250. The van der Waals surface area contributed by atoms with E-state index in [9.17, 15) is 14.0 Å². The number of carbonyl (C=O) groups is 2. The largest absolute Gasteiger partial charge is 0.460 e. The lowest BCUT2D eigenvalue weighted by atomic mass is 10.1. The molecule has 28 heavy (non-hydrogen) atoms. The van der Waals surface area contributed by atoms with Crippen molar-refractivity contribution in [2.24, 2.45) is 7.05 Å². The van der Waals surface area contributed by atoms with Crippen molar-refractivity contribution in [3.8, 4) is 0 Å². The summed E-state index contributed by atoms with van der Waals surface area (Å²) >= 11 is 3.45. The van der Waals surface area contributed by atoms with E-state index in [2.05, 4.69) is 26.2 Å². The van der Waals surface area contributed by atoms with E-state index < -0.39 is 17.3 Å². The topological polar surface area (TPSA) is 73.2 Å². The molecule has 3 rings (SSSR count). The summed E-state index contributed by atoms with van der Waals surface area (Å²) in [6, 6.07) is 7.00. The van der Waals surface area contributed by atoms with Crippen LogP contribution in [0.1, 0.15) is 34.6 Å². The Bertz CT molecular complexity index is 1060. The van der Waals surface area contributed by atoms with Crippen LogP contribution in [-0.2, 0) is 11.8 Å². The number of hydrogen-bond acceptors (Lipinski definition) is 4. The van der Waals surface area contributed by atoms with Crippen LogP contribution in [0.3, 0.4) is 0 Å². The molecule has 0 atom stereocenters. The van der Waals surface area contributed by atoms with Gasteiger partial charge in [0.25, 0.3) is 5.91 Å². The van der Waals surface area contributed by atoms with Gasteiger partial charge in [-0.1, -0.05) is 6.07 Å². The Morgan fingerprint density at radius 3 is 2.75 bits per heavy atom. The molecule has 0 spiro atoms. The quantitative estimate of drug-likeness (QED) is 0.603. The summed E-state index contributed by atoms with van der Waals surface area (Å²) in [5.74, 6) is -1.51. The molecule has 1 amide bonds. The van der Waals surface area contributed by atoms with Crippen LogP contribution in [0.4, 0.5) is 4.39 Å². The Labute approximate surface area is 169 Å². The molecule has 0 aliphatic carbocycles. The second kappa shape index (κ2) is 7.71. The van der Waals surface area contributed by atoms with Gasteiger partial charge in [0, 0.05) is 29.3 Å². The van der Waals surface area contributed by atoms with Gasteiger partial charge >= 0.3 is 5.97 Å². The minimum absolute atomic E-state index is 0.0706. The molecule has 0 aliphatic rings. The van der Waals surface area contributed by atoms with Gasteiger partial charge in [-0.25, -0.2) is 14.2 Å². The third kappa shape index (κ3) is 4.39. The summed E-state index contributed by atoms with van der Waals surface area (Å²) in [5.41, 5.74) is 0.435. The molecule has 0 saturated heterocycles. The number of pyridine rings is 1. The van der Waals surface area contributed by atoms with Gasteiger partial charge in [-0.3, -0.25) is 4.79 Å². The van der Waals surface area contributed by atoms with Gasteiger partial charge in [0.05, 0.1) is 16.7 Å². The van der Waals surface area contributed by atoms with Crippen LogP contribution in [0.25, 0.3) is 11.0 Å². The van der Waals surface area contributed by atoms with Crippen molar-refractivity contribution in [2.45, 2.75) is 19.4 Å². The zero-order valence-corrected chi connectivity index (χ0v) is 17.2. The number of fused-ring (bicyclic) bond motifs is 1. The van der Waals surface area contributed by atoms with Gasteiger partial charge < -0.3 is 14.6 Å². The lowest BCUT2D eigenvalue weighted by molar-refractivity contribution is 0.0389. The second-order valence-corrected chi connectivity index (χ2v) is 7.96. The normalized spacial score (nSPS) is 11.5. The van der Waals surface area contributed by atoms with Crippen molar-refractivity contribution >= 4 is 38.8 Å². The van der Waals surface area contributed by atoms with Gasteiger partial charge in [0.1, 0.15) is 18.1 Å². The Hall–Kier alpha value is -2.74. The minimum atomic E-state index is -0.830. The summed E-state index contributed by atoms with van der Waals surface area (Å²) in [5, 5.41) is 3.65. The lowest BCUT2D eigenvalue weighted by Gasteiger charge is -2.25. The van der Waals surface area contributed by atoms with Gasteiger partial charge in [0.15, 0.2) is 0 Å². The SMILES string of the molecule is Cn1cc(Br)c2cc(C(=O)NC(C)(C)COC(=O)c3cccc(F)c3)cnc21. The maximum absolute atomic E-state index is 13.2. The smallest absolute Gasteiger partial charge is 0.338 e. The Balaban J connectivity index is 1.67. The summed E-state index contributed by atoms with van der Waals surface area (Å²) in [7, 11) is 1.87. The molecule has 1 aromatic carbocycles. The van der Waals surface area contributed by atoms with Crippen LogP contribution in [0.5, 0.6) is 0 Å². The summed E-state index contributed by atoms with van der Waals surface area (Å²) < 4.78 is 21.2. The van der Waals surface area contributed by atoms with Crippen LogP contribution in [0, 0.1) is 5.82 Å². The van der Waals surface area contributed by atoms with Gasteiger partial charge in [-0.2, -0.15) is 0 Å². The van der Waals surface area contributed by atoms with Gasteiger partial charge in [-0.05, 0) is 54.0 Å². The second-order valence-electron chi connectivity index (χ2n) is 7.11. The average Bonchev–Trinajstić information content (AvgIpc) is 2.93. The predicted molar refractivity (Wildman–Crippen MR) is 107 cm³/mol. The molecular weight excluding hydrogens is 429 g/mol. The zero-order valence-electron chi connectivity index (χ0n) is 15.6. The Morgan fingerprint density at radius 2 is 2.04 bits per heavy atom. The van der Waals surface area contributed by atoms with E-state index in [-0.39, 0.29) is 18.1 Å². The van der Waals surface area contributed by atoms with Crippen molar-refractivity contribution in [3.63, 3.8) is 0 Å². The van der Waals surface area contributed by atoms with E-state index in [4.69, 9.17) is 4.74 Å². The number of nitrogens with zero attached hydrogens (tertiary/aromatic N) is 2. The number of aryl methyl sites for hydroxylation is 1. The van der Waals surface area contributed by atoms with Crippen molar-refractivity contribution < 1.29 is 18.7 Å². The number of carbonyl (C=O) groups excluding carboxylic acids is 2. The first-order valence-electron chi connectivity index (χ1n) is 8.52. The molecule has 0 aliphatic heterocycles. The van der Waals surface area contributed by atoms with Gasteiger partial charge in [-0.15, -0.1) is 0 Å². The number of esters is 1. The van der Waals surface area contributed by atoms with E-state index in [1.165, 1.54) is 24.4 Å². The number of ether oxygens (including phenoxy) is 1. The van der Waals surface area contributed by atoms with Crippen molar-refractivity contribution in [2.75, 3.05) is 6.61 Å². The number of hydrogen-bond donors (Lipinski definition) is 1. The molecule has 6 nitrogen and oxygen atoms in total. The van der Waals surface area contributed by atoms with Crippen LogP contribution in [0.15, 0.2) is 47.2 Å². The molecular formula is C20H19BrFN3O3. The lowest BCUT2D eigenvalue weighted by Crippen LogP contribution is -2.47. The van der Waals surface area contributed by atoms with Crippen LogP contribution in [-0.4, -0.2) is 33.6 Å². The third-order valence-electron chi connectivity index (χ3n) is 4.10. The monoisotopic (exact) mass is 447 g/mol. The molecule has 8 heteroatoms. The fourth-order valence-corrected chi connectivity index (χ4v) is 3.30. The highest BCUT2D eigenvalue weighted by molar-refractivity contribution is 9.10. The standard InChI is InChI=1S/C20H19BrFN3O3/c1-20(2,11-28-19(27)12-5-4-6-14(22)7-12)24-18(26)13-8-15-16(21)10-25(3)17(15)23-9-13/h4-10H,11H2,1-3H3,(H,24,26). The number of aromatic nitrogens is 2. The number of rotatable bonds is 5. The molecule has 146 valence electrons. The summed E-state index contributed by atoms with van der Waals surface area (Å²) in [6.07, 6.45) is 3.37. The highest BCUT2D eigenvalue weighted by Crippen LogP contribution is 2.25.